The summed E-state index contributed by atoms with van der Waals surface area (Å²) in [6.07, 6.45) is 5.90. The first-order valence-corrected chi connectivity index (χ1v) is 10.4. The Balaban J connectivity index is 0.00000280. The van der Waals surface area contributed by atoms with Crippen LogP contribution in [0.25, 0.3) is 0 Å². The van der Waals surface area contributed by atoms with Gasteiger partial charge in [0.15, 0.2) is 0 Å². The number of hydrogen-bond donors (Lipinski definition) is 2. The van der Waals surface area contributed by atoms with Gasteiger partial charge in [-0.25, -0.2) is 0 Å². The van der Waals surface area contributed by atoms with Crippen molar-refractivity contribution in [2.75, 3.05) is 26.2 Å². The summed E-state index contributed by atoms with van der Waals surface area (Å²) < 4.78 is 5.35. The molecule has 0 bridgehead atoms. The molecule has 0 radical (unpaired) electrons. The molecule has 2 amide bonds. The first-order chi connectivity index (χ1) is 13.1. The van der Waals surface area contributed by atoms with Crippen molar-refractivity contribution in [3.05, 3.63) is 17.5 Å². The Labute approximate surface area is 173 Å². The van der Waals surface area contributed by atoms with Gasteiger partial charge in [0.2, 0.25) is 11.7 Å². The SMILES string of the molecule is CCC(CC)c1cc(C(=O)N2CCCC(CNC(=O)C3CCCN3)C2)on1.Cl. The van der Waals surface area contributed by atoms with E-state index >= 15 is 0 Å². The number of likely N-dealkylation sites (tertiary alicyclic amines) is 1. The lowest BCUT2D eigenvalue weighted by molar-refractivity contribution is -0.123. The average Bonchev–Trinajstić information content (AvgIpc) is 3.39. The van der Waals surface area contributed by atoms with Crippen LogP contribution in [-0.2, 0) is 4.79 Å². The largest absolute Gasteiger partial charge is 0.354 e. The van der Waals surface area contributed by atoms with Crippen LogP contribution in [-0.4, -0.2) is 54.1 Å². The van der Waals surface area contributed by atoms with Crippen molar-refractivity contribution >= 4 is 24.2 Å². The van der Waals surface area contributed by atoms with Crippen molar-refractivity contribution in [3.8, 4) is 0 Å². The van der Waals surface area contributed by atoms with Gasteiger partial charge in [-0.05, 0) is 51.0 Å². The first-order valence-electron chi connectivity index (χ1n) is 10.4. The number of halogens is 1. The van der Waals surface area contributed by atoms with Gasteiger partial charge in [-0.15, -0.1) is 12.4 Å². The van der Waals surface area contributed by atoms with E-state index in [0.717, 1.165) is 57.3 Å². The van der Waals surface area contributed by atoms with Crippen molar-refractivity contribution in [2.24, 2.45) is 5.92 Å². The molecule has 2 saturated heterocycles. The molecule has 2 fully saturated rings. The second-order valence-corrected chi connectivity index (χ2v) is 7.78. The van der Waals surface area contributed by atoms with Crippen LogP contribution in [0.15, 0.2) is 10.6 Å². The van der Waals surface area contributed by atoms with Gasteiger partial charge in [0, 0.05) is 31.6 Å². The lowest BCUT2D eigenvalue weighted by Crippen LogP contribution is -2.46. The number of nitrogens with one attached hydrogen (secondary N) is 2. The number of carbonyl (C=O) groups is 2. The Hall–Kier alpha value is -1.60. The van der Waals surface area contributed by atoms with Gasteiger partial charge in [0.25, 0.3) is 5.91 Å². The Kier molecular flexibility index (Phi) is 8.76. The highest BCUT2D eigenvalue weighted by atomic mass is 35.5. The summed E-state index contributed by atoms with van der Waals surface area (Å²) in [5.74, 6) is 0.948. The second-order valence-electron chi connectivity index (χ2n) is 7.78. The standard InChI is InChI=1S/C20H32N4O3.ClH/c1-3-15(4-2)17-11-18(27-23-17)20(26)24-10-6-7-14(13-24)12-22-19(25)16-8-5-9-21-16;/h11,14-16,21H,3-10,12-13H2,1-2H3,(H,22,25);1H. The fraction of sp³-hybridized carbons (Fsp3) is 0.750. The molecule has 0 aliphatic carbocycles. The predicted molar refractivity (Wildman–Crippen MR) is 110 cm³/mol. The van der Waals surface area contributed by atoms with Crippen molar-refractivity contribution in [3.63, 3.8) is 0 Å². The summed E-state index contributed by atoms with van der Waals surface area (Å²) in [6.45, 7) is 7.16. The van der Waals surface area contributed by atoms with E-state index < -0.39 is 0 Å². The third kappa shape index (κ3) is 5.47. The lowest BCUT2D eigenvalue weighted by Gasteiger charge is -2.32. The Bertz CT molecular complexity index is 641. The Morgan fingerprint density at radius 2 is 2.11 bits per heavy atom. The molecule has 3 rings (SSSR count). The van der Waals surface area contributed by atoms with Crippen molar-refractivity contribution in [1.82, 2.24) is 20.7 Å². The molecule has 28 heavy (non-hydrogen) atoms. The third-order valence-electron chi connectivity index (χ3n) is 5.89. The van der Waals surface area contributed by atoms with Crippen LogP contribution in [0.4, 0.5) is 0 Å². The molecule has 3 heterocycles. The molecule has 2 aliphatic rings. The molecule has 0 saturated carbocycles. The highest BCUT2D eigenvalue weighted by molar-refractivity contribution is 5.91. The van der Waals surface area contributed by atoms with Gasteiger partial charge >= 0.3 is 0 Å². The highest BCUT2D eigenvalue weighted by Gasteiger charge is 2.29. The summed E-state index contributed by atoms with van der Waals surface area (Å²) in [4.78, 5) is 26.8. The zero-order chi connectivity index (χ0) is 19.2. The number of nitrogens with zero attached hydrogens (tertiary/aromatic N) is 2. The topological polar surface area (TPSA) is 87.5 Å². The average molecular weight is 413 g/mol. The minimum atomic E-state index is -0.0896. The molecule has 2 unspecified atom stereocenters. The minimum absolute atomic E-state index is 0. The van der Waals surface area contributed by atoms with Crippen LogP contribution in [0.5, 0.6) is 0 Å². The van der Waals surface area contributed by atoms with Crippen LogP contribution < -0.4 is 10.6 Å². The zero-order valence-corrected chi connectivity index (χ0v) is 17.7. The lowest BCUT2D eigenvalue weighted by atomic mass is 9.97. The molecule has 0 spiro atoms. The maximum absolute atomic E-state index is 12.8. The highest BCUT2D eigenvalue weighted by Crippen LogP contribution is 2.24. The quantitative estimate of drug-likeness (QED) is 0.718. The number of aromatic nitrogens is 1. The smallest absolute Gasteiger partial charge is 0.292 e. The Morgan fingerprint density at radius 3 is 2.79 bits per heavy atom. The van der Waals surface area contributed by atoms with Gasteiger partial charge < -0.3 is 20.1 Å². The predicted octanol–water partition coefficient (Wildman–Crippen LogP) is 2.72. The van der Waals surface area contributed by atoms with Crippen LogP contribution in [0.3, 0.4) is 0 Å². The van der Waals surface area contributed by atoms with Gasteiger partial charge in [0.05, 0.1) is 11.7 Å². The maximum atomic E-state index is 12.8. The fourth-order valence-electron chi connectivity index (χ4n) is 4.14. The van der Waals surface area contributed by atoms with Gasteiger partial charge in [-0.3, -0.25) is 9.59 Å². The number of amides is 2. The number of piperidine rings is 1. The van der Waals surface area contributed by atoms with E-state index in [1.54, 1.807) is 6.07 Å². The van der Waals surface area contributed by atoms with Crippen molar-refractivity contribution in [1.29, 1.82) is 0 Å². The minimum Gasteiger partial charge on any atom is -0.354 e. The second kappa shape index (κ2) is 10.8. The van der Waals surface area contributed by atoms with E-state index in [0.29, 0.717) is 24.8 Å². The number of hydrogen-bond acceptors (Lipinski definition) is 5. The van der Waals surface area contributed by atoms with Crippen LogP contribution >= 0.6 is 12.4 Å². The van der Waals surface area contributed by atoms with Crippen LogP contribution in [0.2, 0.25) is 0 Å². The van der Waals surface area contributed by atoms with E-state index in [4.69, 9.17) is 4.52 Å². The summed E-state index contributed by atoms with van der Waals surface area (Å²) in [7, 11) is 0. The van der Waals surface area contributed by atoms with Gasteiger partial charge in [0.1, 0.15) is 0 Å². The van der Waals surface area contributed by atoms with E-state index in [1.165, 1.54) is 0 Å². The van der Waals surface area contributed by atoms with E-state index in [-0.39, 0.29) is 36.2 Å². The zero-order valence-electron chi connectivity index (χ0n) is 16.9. The molecule has 1 aromatic heterocycles. The van der Waals surface area contributed by atoms with Crippen molar-refractivity contribution in [2.45, 2.75) is 64.3 Å². The summed E-state index contributed by atoms with van der Waals surface area (Å²) >= 11 is 0. The first kappa shape index (κ1) is 22.7. The van der Waals surface area contributed by atoms with Crippen molar-refractivity contribution < 1.29 is 14.1 Å². The van der Waals surface area contributed by atoms with E-state index in [9.17, 15) is 9.59 Å². The molecule has 2 aliphatic heterocycles. The Morgan fingerprint density at radius 1 is 1.32 bits per heavy atom. The molecule has 0 aromatic carbocycles. The summed E-state index contributed by atoms with van der Waals surface area (Å²) in [5, 5.41) is 10.4. The molecule has 2 N–H and O–H groups in total. The molecule has 2 atom stereocenters. The summed E-state index contributed by atoms with van der Waals surface area (Å²) in [5.41, 5.74) is 0.869. The number of carbonyl (C=O) groups excluding carboxylic acids is 2. The normalized spacial score (nSPS) is 22.2. The third-order valence-corrected chi connectivity index (χ3v) is 5.89. The monoisotopic (exact) mass is 412 g/mol. The van der Waals surface area contributed by atoms with Crippen LogP contribution in [0, 0.1) is 5.92 Å². The molecule has 158 valence electrons. The molecular formula is C20H33ClN4O3. The van der Waals surface area contributed by atoms with Crippen LogP contribution in [0.1, 0.15) is 74.5 Å². The number of rotatable bonds is 7. The molecule has 7 nitrogen and oxygen atoms in total. The molecular weight excluding hydrogens is 380 g/mol. The fourth-order valence-corrected chi connectivity index (χ4v) is 4.14. The molecule has 1 aromatic rings. The van der Waals surface area contributed by atoms with Gasteiger partial charge in [-0.2, -0.15) is 0 Å². The van der Waals surface area contributed by atoms with E-state index in [1.807, 2.05) is 4.90 Å². The van der Waals surface area contributed by atoms with Gasteiger partial charge in [-0.1, -0.05) is 19.0 Å². The maximum Gasteiger partial charge on any atom is 0.292 e. The summed E-state index contributed by atoms with van der Waals surface area (Å²) in [6, 6.07) is 1.75. The molecule has 8 heteroatoms. The van der Waals surface area contributed by atoms with E-state index in [2.05, 4.69) is 29.6 Å².